The Balaban J connectivity index is 1.57. The lowest BCUT2D eigenvalue weighted by Gasteiger charge is -2.07. The van der Waals surface area contributed by atoms with E-state index in [9.17, 15) is 4.79 Å². The Labute approximate surface area is 139 Å². The molecular formula is C17H19ClN4O. The Bertz CT molecular complexity index is 821. The summed E-state index contributed by atoms with van der Waals surface area (Å²) in [6.45, 7) is 3.12. The maximum absolute atomic E-state index is 12.1. The average Bonchev–Trinajstić information content (AvgIpc) is 3.14. The van der Waals surface area contributed by atoms with Crippen molar-refractivity contribution >= 4 is 28.4 Å². The smallest absolute Gasteiger partial charge is 0.220 e. The van der Waals surface area contributed by atoms with E-state index in [4.69, 9.17) is 11.6 Å². The third kappa shape index (κ3) is 3.40. The first kappa shape index (κ1) is 15.6. The van der Waals surface area contributed by atoms with Gasteiger partial charge in [0.1, 0.15) is 0 Å². The number of aryl methyl sites for hydroxylation is 2. The molecule has 3 aromatic rings. The van der Waals surface area contributed by atoms with Crippen LogP contribution in [0.3, 0.4) is 0 Å². The fourth-order valence-electron chi connectivity index (χ4n) is 2.69. The number of para-hydroxylation sites is 1. The predicted octanol–water partition coefficient (Wildman–Crippen LogP) is 3.29. The van der Waals surface area contributed by atoms with Crippen molar-refractivity contribution in [3.05, 3.63) is 52.9 Å². The minimum absolute atomic E-state index is 0.00945. The number of rotatable bonds is 6. The van der Waals surface area contributed by atoms with Crippen LogP contribution < -0.4 is 5.32 Å². The molecule has 0 bridgehead atoms. The van der Waals surface area contributed by atoms with E-state index < -0.39 is 0 Å². The number of nitrogens with one attached hydrogen (secondary N) is 2. The zero-order valence-corrected chi connectivity index (χ0v) is 13.7. The zero-order valence-electron chi connectivity index (χ0n) is 13.0. The number of H-pyrrole nitrogens is 1. The molecule has 0 atom stereocenters. The van der Waals surface area contributed by atoms with Crippen molar-refractivity contribution in [2.24, 2.45) is 0 Å². The minimum atomic E-state index is 0.00945. The summed E-state index contributed by atoms with van der Waals surface area (Å²) in [5.41, 5.74) is 3.10. The van der Waals surface area contributed by atoms with Gasteiger partial charge in [0.15, 0.2) is 0 Å². The number of hydrogen-bond acceptors (Lipinski definition) is 2. The zero-order chi connectivity index (χ0) is 16.2. The number of amides is 1. The maximum Gasteiger partial charge on any atom is 0.220 e. The second-order valence-electron chi connectivity index (χ2n) is 5.39. The second-order valence-corrected chi connectivity index (χ2v) is 5.80. The molecular weight excluding hydrogens is 312 g/mol. The lowest BCUT2D eigenvalue weighted by molar-refractivity contribution is -0.121. The molecule has 0 aliphatic heterocycles. The van der Waals surface area contributed by atoms with Gasteiger partial charge in [-0.3, -0.25) is 9.48 Å². The summed E-state index contributed by atoms with van der Waals surface area (Å²) in [5, 5.41) is 8.84. The van der Waals surface area contributed by atoms with Gasteiger partial charge in [-0.2, -0.15) is 5.10 Å². The summed E-state index contributed by atoms with van der Waals surface area (Å²) in [7, 11) is 0. The third-order valence-corrected chi connectivity index (χ3v) is 4.26. The fourth-order valence-corrected chi connectivity index (χ4v) is 2.90. The molecule has 0 spiro atoms. The molecule has 0 aliphatic carbocycles. The summed E-state index contributed by atoms with van der Waals surface area (Å²) in [4.78, 5) is 15.3. The van der Waals surface area contributed by atoms with Gasteiger partial charge < -0.3 is 10.3 Å². The standard InChI is InChI=1S/C17H19ClN4O/c1-2-22-16(14(18)10-21-22)11-20-17(23)8-7-12-9-19-15-6-4-3-5-13(12)15/h3-6,9-10,19H,2,7-8,11H2,1H3,(H,20,23). The maximum atomic E-state index is 12.1. The van der Waals surface area contributed by atoms with E-state index in [1.165, 1.54) is 5.39 Å². The van der Waals surface area contributed by atoms with Crippen molar-refractivity contribution in [2.45, 2.75) is 32.9 Å². The molecule has 5 nitrogen and oxygen atoms in total. The highest BCUT2D eigenvalue weighted by Gasteiger charge is 2.10. The largest absolute Gasteiger partial charge is 0.361 e. The molecule has 2 N–H and O–H groups in total. The summed E-state index contributed by atoms with van der Waals surface area (Å²) in [5.74, 6) is 0.00945. The second kappa shape index (κ2) is 6.87. The Morgan fingerprint density at radius 1 is 1.39 bits per heavy atom. The summed E-state index contributed by atoms with van der Waals surface area (Å²) >= 11 is 6.09. The van der Waals surface area contributed by atoms with E-state index in [2.05, 4.69) is 21.5 Å². The van der Waals surface area contributed by atoms with Gasteiger partial charge in [0.05, 0.1) is 23.5 Å². The van der Waals surface area contributed by atoms with Gasteiger partial charge in [0.25, 0.3) is 0 Å². The van der Waals surface area contributed by atoms with E-state index in [-0.39, 0.29) is 5.91 Å². The molecule has 0 fully saturated rings. The summed E-state index contributed by atoms with van der Waals surface area (Å²) < 4.78 is 1.79. The highest BCUT2D eigenvalue weighted by Crippen LogP contribution is 2.19. The molecule has 0 radical (unpaired) electrons. The van der Waals surface area contributed by atoms with E-state index in [0.717, 1.165) is 23.3 Å². The molecule has 3 rings (SSSR count). The number of carbonyl (C=O) groups is 1. The van der Waals surface area contributed by atoms with Gasteiger partial charge in [-0.1, -0.05) is 29.8 Å². The van der Waals surface area contributed by atoms with Crippen molar-refractivity contribution in [3.63, 3.8) is 0 Å². The van der Waals surface area contributed by atoms with Crippen LogP contribution in [0.15, 0.2) is 36.7 Å². The van der Waals surface area contributed by atoms with Crippen LogP contribution in [0.1, 0.15) is 24.6 Å². The quantitative estimate of drug-likeness (QED) is 0.728. The molecule has 2 aromatic heterocycles. The molecule has 2 heterocycles. The normalized spacial score (nSPS) is 11.0. The Kier molecular flexibility index (Phi) is 4.67. The first-order valence-corrected chi connectivity index (χ1v) is 8.08. The van der Waals surface area contributed by atoms with E-state index in [0.29, 0.717) is 24.4 Å². The molecule has 23 heavy (non-hydrogen) atoms. The Morgan fingerprint density at radius 2 is 2.22 bits per heavy atom. The van der Waals surface area contributed by atoms with E-state index in [1.807, 2.05) is 31.3 Å². The number of aromatic nitrogens is 3. The predicted molar refractivity (Wildman–Crippen MR) is 91.4 cm³/mol. The van der Waals surface area contributed by atoms with Crippen LogP contribution in [-0.4, -0.2) is 20.7 Å². The van der Waals surface area contributed by atoms with Crippen molar-refractivity contribution < 1.29 is 4.79 Å². The number of carbonyl (C=O) groups excluding carboxylic acids is 1. The molecule has 0 aliphatic rings. The minimum Gasteiger partial charge on any atom is -0.361 e. The van der Waals surface area contributed by atoms with E-state index in [1.54, 1.807) is 10.9 Å². The van der Waals surface area contributed by atoms with Crippen molar-refractivity contribution in [3.8, 4) is 0 Å². The van der Waals surface area contributed by atoms with Crippen molar-refractivity contribution in [1.29, 1.82) is 0 Å². The monoisotopic (exact) mass is 330 g/mol. The van der Waals surface area contributed by atoms with Crippen molar-refractivity contribution in [1.82, 2.24) is 20.1 Å². The van der Waals surface area contributed by atoms with Gasteiger partial charge in [-0.05, 0) is 25.0 Å². The lowest BCUT2D eigenvalue weighted by Crippen LogP contribution is -2.24. The SMILES string of the molecule is CCn1ncc(Cl)c1CNC(=O)CCc1c[nH]c2ccccc12. The molecule has 1 amide bonds. The molecule has 0 saturated heterocycles. The van der Waals surface area contributed by atoms with Crippen LogP contribution in [0.25, 0.3) is 10.9 Å². The molecule has 1 aromatic carbocycles. The van der Waals surface area contributed by atoms with Crippen LogP contribution in [0.5, 0.6) is 0 Å². The topological polar surface area (TPSA) is 62.7 Å². The van der Waals surface area contributed by atoms with Gasteiger partial charge in [0, 0.05) is 30.1 Å². The number of halogens is 1. The number of fused-ring (bicyclic) bond motifs is 1. The molecule has 6 heteroatoms. The highest BCUT2D eigenvalue weighted by atomic mass is 35.5. The Hall–Kier alpha value is -2.27. The number of benzene rings is 1. The lowest BCUT2D eigenvalue weighted by atomic mass is 10.1. The first-order chi connectivity index (χ1) is 11.2. The first-order valence-electron chi connectivity index (χ1n) is 7.71. The molecule has 0 unspecified atom stereocenters. The number of nitrogens with zero attached hydrogens (tertiary/aromatic N) is 2. The van der Waals surface area contributed by atoms with Crippen LogP contribution in [0.2, 0.25) is 5.02 Å². The third-order valence-electron chi connectivity index (χ3n) is 3.95. The summed E-state index contributed by atoms with van der Waals surface area (Å²) in [6.07, 6.45) is 4.73. The van der Waals surface area contributed by atoms with E-state index >= 15 is 0 Å². The van der Waals surface area contributed by atoms with Gasteiger partial charge in [0.2, 0.25) is 5.91 Å². The van der Waals surface area contributed by atoms with Crippen LogP contribution >= 0.6 is 11.6 Å². The Morgan fingerprint density at radius 3 is 3.04 bits per heavy atom. The average molecular weight is 331 g/mol. The van der Waals surface area contributed by atoms with Gasteiger partial charge in [-0.15, -0.1) is 0 Å². The van der Waals surface area contributed by atoms with Gasteiger partial charge in [-0.25, -0.2) is 0 Å². The number of aromatic amines is 1. The van der Waals surface area contributed by atoms with Crippen LogP contribution in [-0.2, 0) is 24.3 Å². The van der Waals surface area contributed by atoms with Crippen LogP contribution in [0.4, 0.5) is 0 Å². The fraction of sp³-hybridized carbons (Fsp3) is 0.294. The van der Waals surface area contributed by atoms with Gasteiger partial charge >= 0.3 is 0 Å². The summed E-state index contributed by atoms with van der Waals surface area (Å²) in [6, 6.07) is 8.11. The van der Waals surface area contributed by atoms with Crippen molar-refractivity contribution in [2.75, 3.05) is 0 Å². The van der Waals surface area contributed by atoms with Crippen LogP contribution in [0, 0.1) is 0 Å². The molecule has 0 saturated carbocycles. The highest BCUT2D eigenvalue weighted by molar-refractivity contribution is 6.31. The number of hydrogen-bond donors (Lipinski definition) is 2. The molecule has 120 valence electrons.